The van der Waals surface area contributed by atoms with Gasteiger partial charge < -0.3 is 9.30 Å². The van der Waals surface area contributed by atoms with Gasteiger partial charge in [0, 0.05) is 17.9 Å². The molecule has 0 radical (unpaired) electrons. The minimum absolute atomic E-state index is 0.0259. The molecule has 1 heterocycles. The number of ether oxygens (including phenoxy) is 1. The number of fused-ring (bicyclic) bond motifs is 1. The first-order valence-corrected chi connectivity index (χ1v) is 11.3. The fraction of sp³-hybridized carbons (Fsp3) is 0.333. The van der Waals surface area contributed by atoms with Crippen LogP contribution in [0.1, 0.15) is 18.3 Å². The number of carbonyl (C=O) groups excluding carboxylic acids is 1. The van der Waals surface area contributed by atoms with Crippen LogP contribution in [0.2, 0.25) is 0 Å². The Bertz CT molecular complexity index is 935. The van der Waals surface area contributed by atoms with E-state index in [1.165, 1.54) is 16.7 Å². The Balaban J connectivity index is 1.65. The fourth-order valence-corrected chi connectivity index (χ4v) is 3.90. The van der Waals surface area contributed by atoms with Crippen molar-refractivity contribution in [2.24, 2.45) is 13.0 Å². The first kappa shape index (κ1) is 19.8. The van der Waals surface area contributed by atoms with Gasteiger partial charge in [0.05, 0.1) is 11.0 Å². The van der Waals surface area contributed by atoms with Crippen LogP contribution in [0.15, 0.2) is 47.4 Å². The topological polar surface area (TPSA) is 44.1 Å². The van der Waals surface area contributed by atoms with Gasteiger partial charge in [-0.15, -0.1) is 11.8 Å². The molecule has 0 aliphatic carbocycles. The van der Waals surface area contributed by atoms with Gasteiger partial charge in [-0.25, -0.2) is 4.98 Å². The highest BCUT2D eigenvalue weighted by Gasteiger charge is 2.13. The van der Waals surface area contributed by atoms with Gasteiger partial charge in [0.25, 0.3) is 0 Å². The van der Waals surface area contributed by atoms with Crippen molar-refractivity contribution in [2.45, 2.75) is 24.8 Å². The second-order valence-corrected chi connectivity index (χ2v) is 8.19. The molecule has 0 saturated carbocycles. The first-order chi connectivity index (χ1) is 13.0. The third kappa shape index (κ3) is 4.68. The number of carbonyl (C=O) groups is 1. The lowest BCUT2D eigenvalue weighted by molar-refractivity contribution is -0.113. The quantitative estimate of drug-likeness (QED) is 0.526. The summed E-state index contributed by atoms with van der Waals surface area (Å²) in [6, 6.07) is 14.3. The van der Waals surface area contributed by atoms with E-state index in [0.29, 0.717) is 6.61 Å². The van der Waals surface area contributed by atoms with Crippen molar-refractivity contribution in [3.05, 3.63) is 53.9 Å². The van der Waals surface area contributed by atoms with Crippen molar-refractivity contribution >= 4 is 39.7 Å². The van der Waals surface area contributed by atoms with Crippen molar-refractivity contribution in [3.63, 3.8) is 0 Å². The van der Waals surface area contributed by atoms with Crippen LogP contribution in [0.5, 0.6) is 5.75 Å². The van der Waals surface area contributed by atoms with Crippen LogP contribution in [-0.2, 0) is 24.9 Å². The number of rotatable bonds is 7. The minimum atomic E-state index is 0.0259. The molecular formula is C21H24N2O2S2. The summed E-state index contributed by atoms with van der Waals surface area (Å²) in [6.45, 7) is 2.39. The number of aromatic nitrogens is 2. The molecule has 0 saturated heterocycles. The smallest absolute Gasteiger partial charge is 0.191 e. The molecule has 0 fully saturated rings. The van der Waals surface area contributed by atoms with Gasteiger partial charge in [-0.3, -0.25) is 4.79 Å². The summed E-state index contributed by atoms with van der Waals surface area (Å²) in [4.78, 5) is 17.6. The highest BCUT2D eigenvalue weighted by Crippen LogP contribution is 2.23. The van der Waals surface area contributed by atoms with Crippen molar-refractivity contribution < 1.29 is 9.53 Å². The molecule has 2 aromatic carbocycles. The zero-order valence-electron chi connectivity index (χ0n) is 16.1. The van der Waals surface area contributed by atoms with E-state index in [-0.39, 0.29) is 11.0 Å². The Morgan fingerprint density at radius 3 is 2.59 bits per heavy atom. The third-order valence-electron chi connectivity index (χ3n) is 4.62. The van der Waals surface area contributed by atoms with Gasteiger partial charge in [-0.1, -0.05) is 30.8 Å². The molecule has 142 valence electrons. The first-order valence-electron chi connectivity index (χ1n) is 8.80. The van der Waals surface area contributed by atoms with Crippen LogP contribution in [0.3, 0.4) is 0 Å². The number of aryl methyl sites for hydroxylation is 1. The molecular weight excluding hydrogens is 376 g/mol. The Morgan fingerprint density at radius 2 is 1.93 bits per heavy atom. The Hall–Kier alpha value is -1.92. The molecule has 27 heavy (non-hydrogen) atoms. The van der Waals surface area contributed by atoms with Crippen molar-refractivity contribution in [3.8, 4) is 5.75 Å². The van der Waals surface area contributed by atoms with Crippen LogP contribution in [0.25, 0.3) is 11.0 Å². The highest BCUT2D eigenvalue weighted by molar-refractivity contribution is 8.13. The summed E-state index contributed by atoms with van der Waals surface area (Å²) >= 11 is 3.02. The van der Waals surface area contributed by atoms with E-state index >= 15 is 0 Å². The van der Waals surface area contributed by atoms with Crippen LogP contribution < -0.4 is 4.74 Å². The van der Waals surface area contributed by atoms with Gasteiger partial charge in [-0.05, 0) is 54.8 Å². The number of hydrogen-bond donors (Lipinski definition) is 0. The molecule has 1 unspecified atom stereocenters. The van der Waals surface area contributed by atoms with Crippen LogP contribution in [0.4, 0.5) is 0 Å². The van der Waals surface area contributed by atoms with Crippen molar-refractivity contribution in [2.75, 3.05) is 12.5 Å². The second kappa shape index (κ2) is 8.85. The van der Waals surface area contributed by atoms with Gasteiger partial charge in [0.15, 0.2) is 5.12 Å². The molecule has 0 bridgehead atoms. The normalized spacial score (nSPS) is 12.3. The molecule has 0 amide bonds. The van der Waals surface area contributed by atoms with Gasteiger partial charge in [0.2, 0.25) is 0 Å². The molecule has 6 heteroatoms. The largest absolute Gasteiger partial charge is 0.486 e. The predicted octanol–water partition coefficient (Wildman–Crippen LogP) is 4.94. The van der Waals surface area contributed by atoms with Gasteiger partial charge in [-0.2, -0.15) is 0 Å². The maximum atomic E-state index is 11.7. The molecule has 1 aromatic heterocycles. The zero-order chi connectivity index (χ0) is 19.4. The van der Waals surface area contributed by atoms with Crippen LogP contribution >= 0.6 is 23.5 Å². The highest BCUT2D eigenvalue weighted by atomic mass is 32.2. The molecule has 0 aliphatic rings. The van der Waals surface area contributed by atoms with Crippen LogP contribution in [-0.4, -0.2) is 27.2 Å². The number of benzene rings is 2. The Labute approximate surface area is 168 Å². The number of hydrogen-bond acceptors (Lipinski definition) is 5. The van der Waals surface area contributed by atoms with E-state index in [2.05, 4.69) is 34.0 Å². The SMILES string of the molecule is CSC(=O)C(C)Cc1ccc(OCc2nc3ccc(SC)cc3n2C)cc1. The maximum Gasteiger partial charge on any atom is 0.191 e. The van der Waals surface area contributed by atoms with Gasteiger partial charge >= 0.3 is 0 Å². The van der Waals surface area contributed by atoms with E-state index in [1.807, 2.05) is 44.5 Å². The maximum absolute atomic E-state index is 11.7. The average Bonchev–Trinajstić information content (AvgIpc) is 3.01. The summed E-state index contributed by atoms with van der Waals surface area (Å²) < 4.78 is 8.01. The van der Waals surface area contributed by atoms with E-state index in [0.717, 1.165) is 34.6 Å². The number of imidazole rings is 1. The summed E-state index contributed by atoms with van der Waals surface area (Å²) in [7, 11) is 2.02. The Kier molecular flexibility index (Phi) is 6.50. The summed E-state index contributed by atoms with van der Waals surface area (Å²) in [6.07, 6.45) is 4.66. The molecule has 3 aromatic rings. The molecule has 0 aliphatic heterocycles. The lowest BCUT2D eigenvalue weighted by Crippen LogP contribution is -2.09. The number of nitrogens with zero attached hydrogens (tertiary/aromatic N) is 2. The van der Waals surface area contributed by atoms with Crippen molar-refractivity contribution in [1.29, 1.82) is 0 Å². The average molecular weight is 401 g/mol. The minimum Gasteiger partial charge on any atom is -0.486 e. The fourth-order valence-electron chi connectivity index (χ4n) is 2.98. The van der Waals surface area contributed by atoms with Crippen molar-refractivity contribution in [1.82, 2.24) is 9.55 Å². The summed E-state index contributed by atoms with van der Waals surface area (Å²) in [5.74, 6) is 1.73. The molecule has 1 atom stereocenters. The molecule has 3 rings (SSSR count). The van der Waals surface area contributed by atoms with Crippen LogP contribution in [0, 0.1) is 5.92 Å². The van der Waals surface area contributed by atoms with E-state index in [9.17, 15) is 4.79 Å². The summed E-state index contributed by atoms with van der Waals surface area (Å²) in [5, 5.41) is 0.224. The van der Waals surface area contributed by atoms with E-state index in [4.69, 9.17) is 4.74 Å². The zero-order valence-corrected chi connectivity index (χ0v) is 17.7. The predicted molar refractivity (Wildman–Crippen MR) is 115 cm³/mol. The summed E-state index contributed by atoms with van der Waals surface area (Å²) in [5.41, 5.74) is 3.24. The Morgan fingerprint density at radius 1 is 1.19 bits per heavy atom. The molecule has 0 N–H and O–H groups in total. The monoisotopic (exact) mass is 400 g/mol. The lowest BCUT2D eigenvalue weighted by Gasteiger charge is -2.10. The van der Waals surface area contributed by atoms with E-state index in [1.54, 1.807) is 11.8 Å². The van der Waals surface area contributed by atoms with E-state index < -0.39 is 0 Å². The lowest BCUT2D eigenvalue weighted by atomic mass is 10.0. The second-order valence-electron chi connectivity index (χ2n) is 6.50. The standard InChI is InChI=1S/C21H24N2O2S2/c1-14(21(24)27-4)11-15-5-7-16(8-6-15)25-13-20-22-18-10-9-17(26-3)12-19(18)23(20)2/h5-10,12,14H,11,13H2,1-4H3. The third-order valence-corrected chi connectivity index (χ3v) is 6.15. The molecule has 0 spiro atoms. The number of thioether (sulfide) groups is 2. The van der Waals surface area contributed by atoms with Gasteiger partial charge in [0.1, 0.15) is 18.2 Å². The molecule has 4 nitrogen and oxygen atoms in total.